The molecule has 1 N–H and O–H groups in total. The van der Waals surface area contributed by atoms with Gasteiger partial charge >= 0.3 is 0 Å². The van der Waals surface area contributed by atoms with Gasteiger partial charge in [-0.3, -0.25) is 0 Å². The molecule has 0 fully saturated rings. The van der Waals surface area contributed by atoms with Gasteiger partial charge in [0.05, 0.1) is 0 Å². The highest BCUT2D eigenvalue weighted by atomic mass is 15.1. The van der Waals surface area contributed by atoms with Gasteiger partial charge in [-0.15, -0.1) is 0 Å². The molecular formula is C17H30N2. The molecule has 0 saturated heterocycles. The number of nitrogens with one attached hydrogen (secondary N) is 1. The molecule has 0 amide bonds. The van der Waals surface area contributed by atoms with Gasteiger partial charge in [0.15, 0.2) is 0 Å². The van der Waals surface area contributed by atoms with Crippen LogP contribution in [0.2, 0.25) is 0 Å². The van der Waals surface area contributed by atoms with Gasteiger partial charge in [-0.25, -0.2) is 0 Å². The van der Waals surface area contributed by atoms with Gasteiger partial charge in [0, 0.05) is 18.6 Å². The van der Waals surface area contributed by atoms with Crippen LogP contribution in [0.1, 0.15) is 45.7 Å². The van der Waals surface area contributed by atoms with E-state index < -0.39 is 0 Å². The highest BCUT2D eigenvalue weighted by Gasteiger charge is 2.20. The summed E-state index contributed by atoms with van der Waals surface area (Å²) in [5, 5.41) is 3.63. The van der Waals surface area contributed by atoms with Crippen molar-refractivity contribution >= 4 is 0 Å². The van der Waals surface area contributed by atoms with Crippen molar-refractivity contribution in [2.24, 2.45) is 5.92 Å². The van der Waals surface area contributed by atoms with E-state index in [2.05, 4.69) is 75.3 Å². The highest BCUT2D eigenvalue weighted by Crippen LogP contribution is 2.23. The Morgan fingerprint density at radius 3 is 2.26 bits per heavy atom. The molecule has 0 saturated carbocycles. The zero-order valence-corrected chi connectivity index (χ0v) is 13.2. The fourth-order valence-electron chi connectivity index (χ4n) is 2.58. The van der Waals surface area contributed by atoms with Crippen molar-refractivity contribution in [3.63, 3.8) is 0 Å². The summed E-state index contributed by atoms with van der Waals surface area (Å²) in [4.78, 5) is 2.47. The van der Waals surface area contributed by atoms with E-state index in [1.807, 2.05) is 0 Å². The Bertz CT molecular complexity index is 336. The molecule has 1 aromatic carbocycles. The molecule has 0 spiro atoms. The van der Waals surface area contributed by atoms with Crippen molar-refractivity contribution in [2.45, 2.75) is 46.2 Å². The van der Waals surface area contributed by atoms with Crippen LogP contribution in [0.3, 0.4) is 0 Å². The summed E-state index contributed by atoms with van der Waals surface area (Å²) in [5.41, 5.74) is 1.40. The van der Waals surface area contributed by atoms with E-state index in [9.17, 15) is 0 Å². The molecule has 1 rings (SSSR count). The number of nitrogens with zero attached hydrogens (tertiary/aromatic N) is 1. The number of rotatable bonds is 8. The maximum atomic E-state index is 3.63. The molecule has 0 bridgehead atoms. The first kappa shape index (κ1) is 16.2. The van der Waals surface area contributed by atoms with Crippen molar-refractivity contribution in [3.8, 4) is 0 Å². The summed E-state index contributed by atoms with van der Waals surface area (Å²) < 4.78 is 0. The van der Waals surface area contributed by atoms with Crippen LogP contribution in [0, 0.1) is 5.92 Å². The Labute approximate surface area is 119 Å². The van der Waals surface area contributed by atoms with Gasteiger partial charge in [0.1, 0.15) is 0 Å². The van der Waals surface area contributed by atoms with E-state index in [0.29, 0.717) is 18.0 Å². The van der Waals surface area contributed by atoms with Crippen molar-refractivity contribution < 1.29 is 0 Å². The van der Waals surface area contributed by atoms with Crippen LogP contribution in [0.25, 0.3) is 0 Å². The molecule has 3 unspecified atom stereocenters. The van der Waals surface area contributed by atoms with E-state index in [-0.39, 0.29) is 0 Å². The maximum absolute atomic E-state index is 3.63. The summed E-state index contributed by atoms with van der Waals surface area (Å²) in [6.45, 7) is 11.2. The first-order valence-electron chi connectivity index (χ1n) is 7.58. The molecule has 108 valence electrons. The van der Waals surface area contributed by atoms with Crippen molar-refractivity contribution in [2.75, 3.05) is 20.1 Å². The predicted octanol–water partition coefficient (Wildman–Crippen LogP) is 3.70. The third kappa shape index (κ3) is 4.96. The highest BCUT2D eigenvalue weighted by molar-refractivity contribution is 5.19. The molecule has 19 heavy (non-hydrogen) atoms. The van der Waals surface area contributed by atoms with Crippen molar-refractivity contribution in [1.82, 2.24) is 10.2 Å². The standard InChI is InChI=1S/C17H30N2/c1-6-15(4)19(5)13-14(3)17(18-7-2)16-11-9-8-10-12-16/h8-12,14-15,17-18H,6-7,13H2,1-5H3. The molecule has 3 atom stereocenters. The minimum Gasteiger partial charge on any atom is -0.310 e. The van der Waals surface area contributed by atoms with Crippen LogP contribution in [0.5, 0.6) is 0 Å². The van der Waals surface area contributed by atoms with Gasteiger partial charge in [-0.2, -0.15) is 0 Å². The monoisotopic (exact) mass is 262 g/mol. The average molecular weight is 262 g/mol. The van der Waals surface area contributed by atoms with E-state index in [0.717, 1.165) is 13.1 Å². The van der Waals surface area contributed by atoms with Crippen LogP contribution in [-0.2, 0) is 0 Å². The van der Waals surface area contributed by atoms with E-state index >= 15 is 0 Å². The third-order valence-corrected chi connectivity index (χ3v) is 4.07. The Balaban J connectivity index is 2.71. The number of hydrogen-bond acceptors (Lipinski definition) is 2. The van der Waals surface area contributed by atoms with Crippen LogP contribution in [0.4, 0.5) is 0 Å². The molecule has 0 aliphatic heterocycles. The molecule has 1 aromatic rings. The predicted molar refractivity (Wildman–Crippen MR) is 84.4 cm³/mol. The van der Waals surface area contributed by atoms with E-state index in [4.69, 9.17) is 0 Å². The van der Waals surface area contributed by atoms with Crippen molar-refractivity contribution in [3.05, 3.63) is 35.9 Å². The minimum absolute atomic E-state index is 0.442. The molecule has 0 aliphatic carbocycles. The topological polar surface area (TPSA) is 15.3 Å². The summed E-state index contributed by atoms with van der Waals surface area (Å²) in [6.07, 6.45) is 1.21. The minimum atomic E-state index is 0.442. The van der Waals surface area contributed by atoms with E-state index in [1.165, 1.54) is 12.0 Å². The third-order valence-electron chi connectivity index (χ3n) is 4.07. The Kier molecular flexibility index (Phi) is 7.11. The molecule has 0 radical (unpaired) electrons. The van der Waals surface area contributed by atoms with Crippen LogP contribution >= 0.6 is 0 Å². The second-order valence-electron chi connectivity index (χ2n) is 5.62. The molecule has 0 heterocycles. The lowest BCUT2D eigenvalue weighted by Crippen LogP contribution is -2.37. The SMILES string of the molecule is CCNC(c1ccccc1)C(C)CN(C)C(C)CC. The Hall–Kier alpha value is -0.860. The lowest BCUT2D eigenvalue weighted by atomic mass is 9.93. The fraction of sp³-hybridized carbons (Fsp3) is 0.647. The normalized spacial score (nSPS) is 16.3. The molecule has 0 aliphatic rings. The van der Waals surface area contributed by atoms with Gasteiger partial charge in [0.25, 0.3) is 0 Å². The maximum Gasteiger partial charge on any atom is 0.0358 e. The number of hydrogen-bond donors (Lipinski definition) is 1. The molecule has 0 aromatic heterocycles. The second kappa shape index (κ2) is 8.34. The quantitative estimate of drug-likeness (QED) is 0.768. The number of benzene rings is 1. The summed E-state index contributed by atoms with van der Waals surface area (Å²) in [7, 11) is 2.23. The second-order valence-corrected chi connectivity index (χ2v) is 5.62. The molecule has 2 heteroatoms. The lowest BCUT2D eigenvalue weighted by Gasteiger charge is -2.32. The molecular weight excluding hydrogens is 232 g/mol. The zero-order valence-electron chi connectivity index (χ0n) is 13.2. The van der Waals surface area contributed by atoms with Gasteiger partial charge < -0.3 is 10.2 Å². The van der Waals surface area contributed by atoms with Gasteiger partial charge in [-0.1, -0.05) is 51.1 Å². The molecule has 2 nitrogen and oxygen atoms in total. The van der Waals surface area contributed by atoms with Gasteiger partial charge in [-0.05, 0) is 38.4 Å². The average Bonchev–Trinajstić information content (AvgIpc) is 2.44. The first-order chi connectivity index (χ1) is 9.10. The van der Waals surface area contributed by atoms with Crippen LogP contribution < -0.4 is 5.32 Å². The van der Waals surface area contributed by atoms with Gasteiger partial charge in [0.2, 0.25) is 0 Å². The van der Waals surface area contributed by atoms with Crippen LogP contribution in [0.15, 0.2) is 30.3 Å². The summed E-state index contributed by atoms with van der Waals surface area (Å²) in [6, 6.07) is 11.9. The summed E-state index contributed by atoms with van der Waals surface area (Å²) in [5.74, 6) is 0.598. The van der Waals surface area contributed by atoms with Crippen molar-refractivity contribution in [1.29, 1.82) is 0 Å². The summed E-state index contributed by atoms with van der Waals surface area (Å²) >= 11 is 0. The Morgan fingerprint density at radius 1 is 1.11 bits per heavy atom. The largest absolute Gasteiger partial charge is 0.310 e. The smallest absolute Gasteiger partial charge is 0.0358 e. The van der Waals surface area contributed by atoms with E-state index in [1.54, 1.807) is 0 Å². The van der Waals surface area contributed by atoms with Crippen LogP contribution in [-0.4, -0.2) is 31.1 Å². The fourth-order valence-corrected chi connectivity index (χ4v) is 2.58. The first-order valence-corrected chi connectivity index (χ1v) is 7.58. The Morgan fingerprint density at radius 2 is 1.74 bits per heavy atom. The lowest BCUT2D eigenvalue weighted by molar-refractivity contribution is 0.197. The zero-order chi connectivity index (χ0) is 14.3.